The predicted octanol–water partition coefficient (Wildman–Crippen LogP) is 1.32. The van der Waals surface area contributed by atoms with E-state index in [0.29, 0.717) is 5.92 Å². The van der Waals surface area contributed by atoms with Gasteiger partial charge in [-0.15, -0.1) is 0 Å². The molecule has 1 aliphatic rings. The summed E-state index contributed by atoms with van der Waals surface area (Å²) in [6, 6.07) is 7.60. The molecule has 1 heterocycles. The molecule has 0 aliphatic carbocycles. The van der Waals surface area contributed by atoms with Crippen molar-refractivity contribution in [3.05, 3.63) is 29.8 Å². The lowest BCUT2D eigenvalue weighted by Crippen LogP contribution is -2.21. The van der Waals surface area contributed by atoms with Gasteiger partial charge in [0.2, 0.25) is 0 Å². The molecule has 1 fully saturated rings. The first-order chi connectivity index (χ1) is 7.35. The fraction of sp³-hybridized carbons (Fsp3) is 0.417. The highest BCUT2D eigenvalue weighted by Crippen LogP contribution is 2.25. The van der Waals surface area contributed by atoms with Gasteiger partial charge in [-0.05, 0) is 18.6 Å². The maximum absolute atomic E-state index is 10.9. The molecule has 0 radical (unpaired) electrons. The van der Waals surface area contributed by atoms with Crippen molar-refractivity contribution >= 4 is 12.0 Å². The van der Waals surface area contributed by atoms with Crippen LogP contribution < -0.4 is 4.90 Å². The number of carbonyl (C=O) groups is 1. The van der Waals surface area contributed by atoms with E-state index in [1.54, 1.807) is 0 Å². The van der Waals surface area contributed by atoms with Gasteiger partial charge in [0, 0.05) is 36.9 Å². The highest BCUT2D eigenvalue weighted by molar-refractivity contribution is 5.84. The Labute approximate surface area is 89.3 Å². The molecular weight excluding hydrogens is 190 g/mol. The lowest BCUT2D eigenvalue weighted by atomic mass is 10.1. The van der Waals surface area contributed by atoms with Gasteiger partial charge in [-0.3, -0.25) is 4.79 Å². The minimum absolute atomic E-state index is 0.236. The van der Waals surface area contributed by atoms with Gasteiger partial charge in [0.1, 0.15) is 0 Å². The van der Waals surface area contributed by atoms with Crippen molar-refractivity contribution in [3.8, 4) is 0 Å². The Morgan fingerprint density at radius 2 is 2.27 bits per heavy atom. The number of rotatable bonds is 3. The van der Waals surface area contributed by atoms with Crippen molar-refractivity contribution in [1.82, 2.24) is 0 Å². The Kier molecular flexibility index (Phi) is 3.02. The molecule has 1 N–H and O–H groups in total. The second kappa shape index (κ2) is 4.45. The van der Waals surface area contributed by atoms with Crippen LogP contribution in [-0.2, 0) is 0 Å². The van der Waals surface area contributed by atoms with Crippen LogP contribution in [0.5, 0.6) is 0 Å². The first-order valence-electron chi connectivity index (χ1n) is 5.25. The molecule has 0 amide bonds. The van der Waals surface area contributed by atoms with Gasteiger partial charge >= 0.3 is 0 Å². The molecule has 2 rings (SSSR count). The van der Waals surface area contributed by atoms with Crippen LogP contribution in [0.3, 0.4) is 0 Å². The van der Waals surface area contributed by atoms with Crippen LogP contribution in [0.15, 0.2) is 24.3 Å². The maximum atomic E-state index is 10.9. The van der Waals surface area contributed by atoms with Crippen molar-refractivity contribution in [2.45, 2.75) is 6.42 Å². The topological polar surface area (TPSA) is 40.5 Å². The average Bonchev–Trinajstić information content (AvgIpc) is 2.77. The van der Waals surface area contributed by atoms with Gasteiger partial charge < -0.3 is 10.0 Å². The van der Waals surface area contributed by atoms with E-state index in [1.165, 1.54) is 0 Å². The number of hydrogen-bond donors (Lipinski definition) is 1. The molecule has 1 unspecified atom stereocenters. The molecule has 1 atom stereocenters. The highest BCUT2D eigenvalue weighted by atomic mass is 16.3. The van der Waals surface area contributed by atoms with E-state index in [4.69, 9.17) is 5.11 Å². The molecule has 0 spiro atoms. The predicted molar refractivity (Wildman–Crippen MR) is 59.2 cm³/mol. The van der Waals surface area contributed by atoms with Crippen molar-refractivity contribution < 1.29 is 9.90 Å². The van der Waals surface area contributed by atoms with Crippen LogP contribution in [-0.4, -0.2) is 31.1 Å². The summed E-state index contributed by atoms with van der Waals surface area (Å²) in [5.74, 6) is 0.352. The minimum atomic E-state index is 0.236. The lowest BCUT2D eigenvalue weighted by molar-refractivity contribution is 0.112. The van der Waals surface area contributed by atoms with Gasteiger partial charge in [-0.25, -0.2) is 0 Å². The fourth-order valence-corrected chi connectivity index (χ4v) is 2.08. The molecule has 3 nitrogen and oxygen atoms in total. The van der Waals surface area contributed by atoms with E-state index in [0.717, 1.165) is 37.0 Å². The third-order valence-electron chi connectivity index (χ3n) is 2.95. The number of anilines is 1. The first-order valence-corrected chi connectivity index (χ1v) is 5.25. The Morgan fingerprint density at radius 3 is 2.93 bits per heavy atom. The van der Waals surface area contributed by atoms with E-state index in [9.17, 15) is 4.79 Å². The molecular formula is C12H15NO2. The van der Waals surface area contributed by atoms with E-state index in [1.807, 2.05) is 24.3 Å². The Hall–Kier alpha value is -1.35. The number of aliphatic hydroxyl groups excluding tert-OH is 1. The standard InChI is InChI=1S/C12H15NO2/c14-8-10-5-6-13(7-10)12-4-2-1-3-11(12)9-15/h1-4,9-10,14H,5-8H2. The van der Waals surface area contributed by atoms with Crippen LogP contribution in [0.2, 0.25) is 0 Å². The summed E-state index contributed by atoms with van der Waals surface area (Å²) in [6.07, 6.45) is 1.89. The number of carbonyl (C=O) groups excluding carboxylic acids is 1. The molecule has 1 aromatic carbocycles. The fourth-order valence-electron chi connectivity index (χ4n) is 2.08. The molecule has 80 valence electrons. The van der Waals surface area contributed by atoms with Gasteiger partial charge in [0.15, 0.2) is 6.29 Å². The zero-order chi connectivity index (χ0) is 10.7. The van der Waals surface area contributed by atoms with Crippen molar-refractivity contribution in [3.63, 3.8) is 0 Å². The number of aliphatic hydroxyl groups is 1. The van der Waals surface area contributed by atoms with E-state index in [2.05, 4.69) is 4.90 Å². The summed E-state index contributed by atoms with van der Waals surface area (Å²) in [5, 5.41) is 9.06. The average molecular weight is 205 g/mol. The number of para-hydroxylation sites is 1. The van der Waals surface area contributed by atoms with Crippen LogP contribution in [0.1, 0.15) is 16.8 Å². The quantitative estimate of drug-likeness (QED) is 0.756. The molecule has 1 saturated heterocycles. The zero-order valence-corrected chi connectivity index (χ0v) is 8.60. The Bertz CT molecular complexity index is 351. The van der Waals surface area contributed by atoms with Crippen LogP contribution >= 0.6 is 0 Å². The third-order valence-corrected chi connectivity index (χ3v) is 2.95. The molecule has 0 bridgehead atoms. The molecule has 1 aromatic rings. The summed E-state index contributed by atoms with van der Waals surface area (Å²) in [4.78, 5) is 13.0. The normalized spacial score (nSPS) is 20.6. The summed E-state index contributed by atoms with van der Waals surface area (Å²) < 4.78 is 0. The largest absolute Gasteiger partial charge is 0.396 e. The second-order valence-electron chi connectivity index (χ2n) is 3.96. The Morgan fingerprint density at radius 1 is 1.47 bits per heavy atom. The highest BCUT2D eigenvalue weighted by Gasteiger charge is 2.23. The van der Waals surface area contributed by atoms with Crippen molar-refractivity contribution in [2.75, 3.05) is 24.6 Å². The van der Waals surface area contributed by atoms with Gasteiger partial charge in [-0.2, -0.15) is 0 Å². The molecule has 3 heteroatoms. The first kappa shape index (κ1) is 10.2. The third kappa shape index (κ3) is 2.02. The van der Waals surface area contributed by atoms with E-state index in [-0.39, 0.29) is 6.61 Å². The molecule has 0 aromatic heterocycles. The van der Waals surface area contributed by atoms with E-state index >= 15 is 0 Å². The number of benzene rings is 1. The van der Waals surface area contributed by atoms with E-state index < -0.39 is 0 Å². The number of nitrogens with zero attached hydrogens (tertiary/aromatic N) is 1. The van der Waals surface area contributed by atoms with Crippen molar-refractivity contribution in [2.24, 2.45) is 5.92 Å². The summed E-state index contributed by atoms with van der Waals surface area (Å²) in [5.41, 5.74) is 1.72. The zero-order valence-electron chi connectivity index (χ0n) is 8.60. The SMILES string of the molecule is O=Cc1ccccc1N1CCC(CO)C1. The Balaban J connectivity index is 2.19. The summed E-state index contributed by atoms with van der Waals surface area (Å²) in [7, 11) is 0. The van der Waals surface area contributed by atoms with Gasteiger partial charge in [0.25, 0.3) is 0 Å². The number of hydrogen-bond acceptors (Lipinski definition) is 3. The second-order valence-corrected chi connectivity index (χ2v) is 3.96. The monoisotopic (exact) mass is 205 g/mol. The molecule has 0 saturated carbocycles. The maximum Gasteiger partial charge on any atom is 0.152 e. The minimum Gasteiger partial charge on any atom is -0.396 e. The summed E-state index contributed by atoms with van der Waals surface area (Å²) >= 11 is 0. The smallest absolute Gasteiger partial charge is 0.152 e. The van der Waals surface area contributed by atoms with Gasteiger partial charge in [-0.1, -0.05) is 12.1 Å². The number of aldehydes is 1. The lowest BCUT2D eigenvalue weighted by Gasteiger charge is -2.19. The van der Waals surface area contributed by atoms with Crippen LogP contribution in [0, 0.1) is 5.92 Å². The molecule has 15 heavy (non-hydrogen) atoms. The summed E-state index contributed by atoms with van der Waals surface area (Å²) in [6.45, 7) is 2.01. The van der Waals surface area contributed by atoms with Crippen LogP contribution in [0.25, 0.3) is 0 Å². The molecule has 1 aliphatic heterocycles. The van der Waals surface area contributed by atoms with Crippen molar-refractivity contribution in [1.29, 1.82) is 0 Å². The van der Waals surface area contributed by atoms with Gasteiger partial charge in [0.05, 0.1) is 0 Å². The van der Waals surface area contributed by atoms with Crippen LogP contribution in [0.4, 0.5) is 5.69 Å².